The van der Waals surface area contributed by atoms with Crippen LogP contribution >= 0.6 is 0 Å². The van der Waals surface area contributed by atoms with Crippen LogP contribution in [-0.4, -0.2) is 121 Å². The Labute approximate surface area is 265 Å². The third kappa shape index (κ3) is 11.5. The zero-order valence-corrected chi connectivity index (χ0v) is 26.2. The molecular formula is C32H54O13. The van der Waals surface area contributed by atoms with Gasteiger partial charge in [0.25, 0.3) is 0 Å². The van der Waals surface area contributed by atoms with E-state index in [2.05, 4.69) is 6.92 Å². The molecule has 0 amide bonds. The fraction of sp³-hybridized carbons (Fsp3) is 0.781. The van der Waals surface area contributed by atoms with Crippen molar-refractivity contribution in [2.45, 2.75) is 138 Å². The molecule has 0 radical (unpaired) electrons. The van der Waals surface area contributed by atoms with Crippen LogP contribution in [-0.2, 0) is 23.7 Å². The van der Waals surface area contributed by atoms with Gasteiger partial charge in [-0.05, 0) is 12.8 Å². The standard InChI is InChI=1S/C32H54O13/c1-2-3-4-5-6-7-8-9-10-11-12-13-14-15-16-17-18-19-25(36)44-32(30(41)28(39)26(37)23(20-33)43-32)45-31(22-35)29(40)27(38)24(21-34)42-31/h14-19,23-24,26-30,33-35,37-41H,2-13,20-22H2,1H3/b15-14+,17-16+,19-18+/t23-,24-,26-,27-,28+,29+,30-,31?,32+/m1/s1. The van der Waals surface area contributed by atoms with E-state index in [1.165, 1.54) is 70.3 Å². The Morgan fingerprint density at radius 2 is 1.24 bits per heavy atom. The van der Waals surface area contributed by atoms with Crippen molar-refractivity contribution in [2.75, 3.05) is 19.8 Å². The predicted molar refractivity (Wildman–Crippen MR) is 162 cm³/mol. The maximum Gasteiger partial charge on any atom is 0.362 e. The molecule has 8 N–H and O–H groups in total. The molecule has 0 saturated carbocycles. The monoisotopic (exact) mass is 646 g/mol. The number of esters is 1. The number of carbonyl (C=O) groups is 1. The van der Waals surface area contributed by atoms with Gasteiger partial charge in [0.15, 0.2) is 6.10 Å². The van der Waals surface area contributed by atoms with E-state index in [4.69, 9.17) is 18.9 Å². The second-order valence-corrected chi connectivity index (χ2v) is 11.6. The van der Waals surface area contributed by atoms with Gasteiger partial charge in [-0.15, -0.1) is 0 Å². The van der Waals surface area contributed by atoms with Crippen LogP contribution in [0.2, 0.25) is 0 Å². The number of unbranched alkanes of at least 4 members (excludes halogenated alkanes) is 11. The maximum atomic E-state index is 12.7. The van der Waals surface area contributed by atoms with Crippen molar-refractivity contribution in [2.24, 2.45) is 0 Å². The molecule has 0 aromatic carbocycles. The number of aliphatic hydroxyl groups excluding tert-OH is 8. The summed E-state index contributed by atoms with van der Waals surface area (Å²) in [7, 11) is 0. The zero-order valence-electron chi connectivity index (χ0n) is 26.2. The largest absolute Gasteiger partial charge is 0.402 e. The van der Waals surface area contributed by atoms with Gasteiger partial charge in [0.2, 0.25) is 5.79 Å². The first-order valence-corrected chi connectivity index (χ1v) is 16.1. The highest BCUT2D eigenvalue weighted by atomic mass is 16.9. The first kappa shape index (κ1) is 39.4. The summed E-state index contributed by atoms with van der Waals surface area (Å²) in [5, 5.41) is 81.3. The summed E-state index contributed by atoms with van der Waals surface area (Å²) in [6.07, 6.45) is 11.1. The van der Waals surface area contributed by atoms with E-state index >= 15 is 0 Å². The van der Waals surface area contributed by atoms with E-state index in [-0.39, 0.29) is 0 Å². The molecule has 13 nitrogen and oxygen atoms in total. The number of allylic oxidation sites excluding steroid dienone is 5. The minimum atomic E-state index is -3.04. The van der Waals surface area contributed by atoms with Crippen molar-refractivity contribution in [1.82, 2.24) is 0 Å². The van der Waals surface area contributed by atoms with Gasteiger partial charge in [-0.25, -0.2) is 4.79 Å². The number of hydrogen-bond acceptors (Lipinski definition) is 13. The average molecular weight is 647 g/mol. The van der Waals surface area contributed by atoms with Crippen LogP contribution in [0.5, 0.6) is 0 Å². The molecule has 9 atom stereocenters. The summed E-state index contributed by atoms with van der Waals surface area (Å²) in [4.78, 5) is 12.7. The van der Waals surface area contributed by atoms with Crippen LogP contribution in [0.4, 0.5) is 0 Å². The van der Waals surface area contributed by atoms with E-state index in [9.17, 15) is 45.6 Å². The summed E-state index contributed by atoms with van der Waals surface area (Å²) < 4.78 is 21.4. The molecule has 260 valence electrons. The van der Waals surface area contributed by atoms with Crippen molar-refractivity contribution in [3.8, 4) is 0 Å². The summed E-state index contributed by atoms with van der Waals surface area (Å²) in [6.45, 7) is -0.686. The number of hydrogen-bond donors (Lipinski definition) is 8. The zero-order chi connectivity index (χ0) is 33.3. The van der Waals surface area contributed by atoms with Gasteiger partial charge in [-0.3, -0.25) is 4.74 Å². The highest BCUT2D eigenvalue weighted by Crippen LogP contribution is 2.41. The molecule has 2 heterocycles. The lowest BCUT2D eigenvalue weighted by Crippen LogP contribution is -2.70. The molecule has 0 aliphatic carbocycles. The molecule has 2 aliphatic rings. The topological polar surface area (TPSA) is 216 Å². The van der Waals surface area contributed by atoms with Gasteiger partial charge >= 0.3 is 11.9 Å². The van der Waals surface area contributed by atoms with Crippen molar-refractivity contribution in [1.29, 1.82) is 0 Å². The Bertz CT molecular complexity index is 925. The number of rotatable bonds is 21. The van der Waals surface area contributed by atoms with Crippen LogP contribution in [0.15, 0.2) is 36.5 Å². The van der Waals surface area contributed by atoms with Gasteiger partial charge in [0.1, 0.15) is 43.2 Å². The highest BCUT2D eigenvalue weighted by Gasteiger charge is 2.65. The SMILES string of the molecule is CCCCCCCCCCCCC/C=C/C=C/C=C/C(=O)O[C@@]1(OC2(CO)O[C@H](CO)[C@@H](O)[C@@H]2O)O[C@H](CO)[C@@H](O)[C@H](O)[C@H]1O. The number of aliphatic hydroxyl groups is 8. The third-order valence-electron chi connectivity index (χ3n) is 8.05. The second kappa shape index (κ2) is 20.5. The third-order valence-corrected chi connectivity index (χ3v) is 8.05. The minimum absolute atomic E-state index is 0.803. The molecule has 0 spiro atoms. The Balaban J connectivity index is 1.92. The Hall–Kier alpha value is -1.75. The van der Waals surface area contributed by atoms with Gasteiger partial charge in [-0.2, -0.15) is 0 Å². The van der Waals surface area contributed by atoms with Gasteiger partial charge in [0, 0.05) is 6.08 Å². The molecule has 13 heteroatoms. The van der Waals surface area contributed by atoms with Crippen molar-refractivity contribution >= 4 is 5.97 Å². The molecule has 45 heavy (non-hydrogen) atoms. The maximum absolute atomic E-state index is 12.7. The van der Waals surface area contributed by atoms with Crippen LogP contribution in [0.25, 0.3) is 0 Å². The molecule has 2 rings (SSSR count). The Morgan fingerprint density at radius 1 is 0.689 bits per heavy atom. The van der Waals surface area contributed by atoms with Gasteiger partial charge in [-0.1, -0.05) is 102 Å². The highest BCUT2D eigenvalue weighted by molar-refractivity contribution is 5.82. The first-order chi connectivity index (χ1) is 21.6. The van der Waals surface area contributed by atoms with Gasteiger partial charge < -0.3 is 55.1 Å². The van der Waals surface area contributed by atoms with Crippen molar-refractivity contribution in [3.05, 3.63) is 36.5 Å². The molecule has 1 unspecified atom stereocenters. The Kier molecular flexibility index (Phi) is 17.9. The predicted octanol–water partition coefficient (Wildman–Crippen LogP) is 0.845. The molecule has 2 saturated heterocycles. The van der Waals surface area contributed by atoms with Crippen LogP contribution in [0.3, 0.4) is 0 Å². The van der Waals surface area contributed by atoms with Crippen LogP contribution in [0.1, 0.15) is 84.0 Å². The molecule has 0 aromatic rings. The van der Waals surface area contributed by atoms with E-state index in [1.807, 2.05) is 12.2 Å². The van der Waals surface area contributed by atoms with Crippen molar-refractivity contribution in [3.63, 3.8) is 0 Å². The summed E-state index contributed by atoms with van der Waals surface area (Å²) in [5.41, 5.74) is 0. The molecule has 0 bridgehead atoms. The smallest absolute Gasteiger partial charge is 0.362 e. The van der Waals surface area contributed by atoms with E-state index in [0.29, 0.717) is 0 Å². The molecule has 2 aliphatic heterocycles. The summed E-state index contributed by atoms with van der Waals surface area (Å²) in [6, 6.07) is 0. The van der Waals surface area contributed by atoms with Crippen LogP contribution < -0.4 is 0 Å². The lowest BCUT2D eigenvalue weighted by Gasteiger charge is -2.49. The quantitative estimate of drug-likeness (QED) is 0.0286. The van der Waals surface area contributed by atoms with Gasteiger partial charge in [0.05, 0.1) is 13.2 Å². The van der Waals surface area contributed by atoms with E-state index < -0.39 is 80.3 Å². The fourth-order valence-corrected chi connectivity index (χ4v) is 5.33. The number of carbonyl (C=O) groups excluding carboxylic acids is 1. The Morgan fingerprint density at radius 3 is 1.80 bits per heavy atom. The second-order valence-electron chi connectivity index (χ2n) is 11.6. The molecule has 2 fully saturated rings. The normalized spacial score (nSPS) is 34.0. The lowest BCUT2D eigenvalue weighted by molar-refractivity contribution is -0.497. The summed E-state index contributed by atoms with van der Waals surface area (Å²) >= 11 is 0. The average Bonchev–Trinajstić information content (AvgIpc) is 3.28. The van der Waals surface area contributed by atoms with E-state index in [0.717, 1.165) is 18.9 Å². The molecule has 0 aromatic heterocycles. The van der Waals surface area contributed by atoms with Crippen molar-refractivity contribution < 1.29 is 64.6 Å². The lowest BCUT2D eigenvalue weighted by atomic mass is 9.97. The fourth-order valence-electron chi connectivity index (χ4n) is 5.33. The minimum Gasteiger partial charge on any atom is -0.402 e. The molecular weight excluding hydrogens is 592 g/mol. The van der Waals surface area contributed by atoms with Crippen LogP contribution in [0, 0.1) is 0 Å². The van der Waals surface area contributed by atoms with E-state index in [1.54, 1.807) is 12.2 Å². The number of ether oxygens (including phenoxy) is 4. The first-order valence-electron chi connectivity index (χ1n) is 16.1. The summed E-state index contributed by atoms with van der Waals surface area (Å²) in [5.74, 6) is -6.83.